The fourth-order valence-corrected chi connectivity index (χ4v) is 2.77. The molecule has 0 aliphatic carbocycles. The van der Waals surface area contributed by atoms with Crippen molar-refractivity contribution in [2.45, 2.75) is 19.9 Å². The van der Waals surface area contributed by atoms with Crippen LogP contribution in [0, 0.1) is 5.82 Å². The van der Waals surface area contributed by atoms with Crippen molar-refractivity contribution >= 4 is 23.2 Å². The van der Waals surface area contributed by atoms with Crippen molar-refractivity contribution in [3.63, 3.8) is 0 Å². The van der Waals surface area contributed by atoms with Crippen molar-refractivity contribution in [2.24, 2.45) is 0 Å². The molecule has 1 nitrogen and oxygen atoms in total. The number of nitrogens with one attached hydrogen (secondary N) is 1. The lowest BCUT2D eigenvalue weighted by atomic mass is 9.95. The van der Waals surface area contributed by atoms with Crippen molar-refractivity contribution in [3.05, 3.63) is 57.8 Å². The SMILES string of the molecule is CCNC(C)c1ccc(F)cc1-c1ccc(Cl)cc1Cl. The van der Waals surface area contributed by atoms with Crippen LogP contribution in [0.15, 0.2) is 36.4 Å². The Hall–Kier alpha value is -1.09. The van der Waals surface area contributed by atoms with Gasteiger partial charge in [0.1, 0.15) is 5.82 Å². The summed E-state index contributed by atoms with van der Waals surface area (Å²) >= 11 is 12.2. The summed E-state index contributed by atoms with van der Waals surface area (Å²) in [5, 5.41) is 4.42. The van der Waals surface area contributed by atoms with Gasteiger partial charge in [0.2, 0.25) is 0 Å². The highest BCUT2D eigenvalue weighted by atomic mass is 35.5. The van der Waals surface area contributed by atoms with Gasteiger partial charge in [-0.25, -0.2) is 4.39 Å². The topological polar surface area (TPSA) is 12.0 Å². The van der Waals surface area contributed by atoms with Crippen LogP contribution in [0.4, 0.5) is 4.39 Å². The minimum atomic E-state index is -0.279. The minimum Gasteiger partial charge on any atom is -0.310 e. The first-order chi connectivity index (χ1) is 9.52. The van der Waals surface area contributed by atoms with Crippen LogP contribution in [0.25, 0.3) is 11.1 Å². The molecule has 0 heterocycles. The summed E-state index contributed by atoms with van der Waals surface area (Å²) in [6.07, 6.45) is 0. The average molecular weight is 312 g/mol. The van der Waals surface area contributed by atoms with E-state index in [4.69, 9.17) is 23.2 Å². The van der Waals surface area contributed by atoms with Crippen molar-refractivity contribution in [1.29, 1.82) is 0 Å². The molecule has 1 unspecified atom stereocenters. The van der Waals surface area contributed by atoms with E-state index in [0.29, 0.717) is 10.0 Å². The zero-order valence-electron chi connectivity index (χ0n) is 11.4. The normalized spacial score (nSPS) is 12.4. The third-order valence-corrected chi connectivity index (χ3v) is 3.76. The molecule has 0 spiro atoms. The summed E-state index contributed by atoms with van der Waals surface area (Å²) in [4.78, 5) is 0. The highest BCUT2D eigenvalue weighted by Crippen LogP contribution is 2.35. The molecule has 0 bridgehead atoms. The Balaban J connectivity index is 2.56. The van der Waals surface area contributed by atoms with E-state index < -0.39 is 0 Å². The molecule has 0 fully saturated rings. The molecule has 2 aromatic rings. The fraction of sp³-hybridized carbons (Fsp3) is 0.250. The van der Waals surface area contributed by atoms with Crippen LogP contribution in [0.2, 0.25) is 10.0 Å². The number of hydrogen-bond donors (Lipinski definition) is 1. The molecule has 0 saturated heterocycles. The lowest BCUT2D eigenvalue weighted by molar-refractivity contribution is 0.593. The molecule has 20 heavy (non-hydrogen) atoms. The number of halogens is 3. The second-order valence-electron chi connectivity index (χ2n) is 4.64. The molecule has 106 valence electrons. The quantitative estimate of drug-likeness (QED) is 0.789. The van der Waals surface area contributed by atoms with Gasteiger partial charge >= 0.3 is 0 Å². The molecule has 0 amide bonds. The van der Waals surface area contributed by atoms with Crippen molar-refractivity contribution < 1.29 is 4.39 Å². The van der Waals surface area contributed by atoms with Crippen LogP contribution < -0.4 is 5.32 Å². The Bertz CT molecular complexity index is 613. The van der Waals surface area contributed by atoms with Crippen molar-refractivity contribution in [2.75, 3.05) is 6.54 Å². The Morgan fingerprint density at radius 1 is 1.10 bits per heavy atom. The van der Waals surface area contributed by atoms with Crippen LogP contribution in [-0.4, -0.2) is 6.54 Å². The van der Waals surface area contributed by atoms with Crippen molar-refractivity contribution in [3.8, 4) is 11.1 Å². The van der Waals surface area contributed by atoms with Crippen LogP contribution in [0.3, 0.4) is 0 Å². The van der Waals surface area contributed by atoms with Crippen molar-refractivity contribution in [1.82, 2.24) is 5.32 Å². The van der Waals surface area contributed by atoms with Gasteiger partial charge in [-0.1, -0.05) is 42.3 Å². The van der Waals surface area contributed by atoms with E-state index in [0.717, 1.165) is 23.2 Å². The van der Waals surface area contributed by atoms with E-state index in [9.17, 15) is 4.39 Å². The first-order valence-corrected chi connectivity index (χ1v) is 7.26. The molecule has 0 radical (unpaired) electrons. The van der Waals surface area contributed by atoms with Gasteiger partial charge in [-0.05, 0) is 48.9 Å². The van der Waals surface area contributed by atoms with E-state index in [1.807, 2.05) is 19.9 Å². The Morgan fingerprint density at radius 3 is 2.50 bits per heavy atom. The predicted molar refractivity (Wildman–Crippen MR) is 83.9 cm³/mol. The molecule has 0 aromatic heterocycles. The third-order valence-electron chi connectivity index (χ3n) is 3.21. The Morgan fingerprint density at radius 2 is 1.85 bits per heavy atom. The summed E-state index contributed by atoms with van der Waals surface area (Å²) < 4.78 is 13.6. The van der Waals surface area contributed by atoms with E-state index >= 15 is 0 Å². The summed E-state index contributed by atoms with van der Waals surface area (Å²) in [6, 6.07) is 10.1. The monoisotopic (exact) mass is 311 g/mol. The van der Waals surface area contributed by atoms with E-state index in [1.165, 1.54) is 12.1 Å². The Labute approximate surface area is 128 Å². The molecule has 1 N–H and O–H groups in total. The van der Waals surface area contributed by atoms with E-state index in [-0.39, 0.29) is 11.9 Å². The molecular weight excluding hydrogens is 296 g/mol. The second kappa shape index (κ2) is 6.57. The standard InChI is InChI=1S/C16H16Cl2FN/c1-3-20-10(2)13-7-5-12(19)9-15(13)14-6-4-11(17)8-16(14)18/h4-10,20H,3H2,1-2H3. The van der Waals surface area contributed by atoms with Gasteiger partial charge in [0.25, 0.3) is 0 Å². The van der Waals surface area contributed by atoms with Crippen LogP contribution in [0.1, 0.15) is 25.5 Å². The number of rotatable bonds is 4. The minimum absolute atomic E-state index is 0.113. The summed E-state index contributed by atoms with van der Waals surface area (Å²) in [6.45, 7) is 4.92. The molecule has 2 rings (SSSR count). The predicted octanol–water partition coefficient (Wildman–Crippen LogP) is 5.47. The van der Waals surface area contributed by atoms with E-state index in [1.54, 1.807) is 18.2 Å². The highest BCUT2D eigenvalue weighted by molar-refractivity contribution is 6.36. The maximum atomic E-state index is 13.6. The maximum Gasteiger partial charge on any atom is 0.123 e. The molecule has 4 heteroatoms. The van der Waals surface area contributed by atoms with Gasteiger partial charge < -0.3 is 5.32 Å². The van der Waals surface area contributed by atoms with Gasteiger partial charge in [0.05, 0.1) is 0 Å². The molecule has 2 aromatic carbocycles. The number of benzene rings is 2. The first kappa shape index (κ1) is 15.3. The molecule has 0 aliphatic rings. The highest BCUT2D eigenvalue weighted by Gasteiger charge is 2.14. The van der Waals surface area contributed by atoms with Gasteiger partial charge in [-0.2, -0.15) is 0 Å². The van der Waals surface area contributed by atoms with Crippen LogP contribution in [0.5, 0.6) is 0 Å². The molecule has 0 saturated carbocycles. The second-order valence-corrected chi connectivity index (χ2v) is 5.48. The largest absolute Gasteiger partial charge is 0.310 e. The van der Waals surface area contributed by atoms with Crippen LogP contribution in [-0.2, 0) is 0 Å². The summed E-state index contributed by atoms with van der Waals surface area (Å²) in [5.74, 6) is -0.279. The van der Waals surface area contributed by atoms with Gasteiger partial charge in [0.15, 0.2) is 0 Å². The molecule has 1 atom stereocenters. The smallest absolute Gasteiger partial charge is 0.123 e. The maximum absolute atomic E-state index is 13.6. The third kappa shape index (κ3) is 3.32. The van der Waals surface area contributed by atoms with Gasteiger partial charge in [-0.3, -0.25) is 0 Å². The van der Waals surface area contributed by atoms with E-state index in [2.05, 4.69) is 5.32 Å². The molecule has 0 aliphatic heterocycles. The molecular formula is C16H16Cl2FN. The number of hydrogen-bond acceptors (Lipinski definition) is 1. The average Bonchev–Trinajstić information content (AvgIpc) is 2.38. The fourth-order valence-electron chi connectivity index (χ4n) is 2.26. The van der Waals surface area contributed by atoms with Gasteiger partial charge in [0, 0.05) is 21.7 Å². The van der Waals surface area contributed by atoms with Crippen LogP contribution >= 0.6 is 23.2 Å². The lowest BCUT2D eigenvalue weighted by Gasteiger charge is -2.18. The zero-order valence-corrected chi connectivity index (χ0v) is 12.9. The zero-order chi connectivity index (χ0) is 14.7. The first-order valence-electron chi connectivity index (χ1n) is 6.51. The summed E-state index contributed by atoms with van der Waals surface area (Å²) in [7, 11) is 0. The van der Waals surface area contributed by atoms with Gasteiger partial charge in [-0.15, -0.1) is 0 Å². The Kier molecular flexibility index (Phi) is 5.03. The lowest BCUT2D eigenvalue weighted by Crippen LogP contribution is -2.18. The summed E-state index contributed by atoms with van der Waals surface area (Å²) in [5.41, 5.74) is 2.59.